The molecule has 4 heteroatoms. The molecule has 0 heterocycles. The zero-order valence-electron chi connectivity index (χ0n) is 10.6. The van der Waals surface area contributed by atoms with Crippen LogP contribution in [-0.2, 0) is 4.79 Å². The summed E-state index contributed by atoms with van der Waals surface area (Å²) in [5.74, 6) is 0.731. The number of hydrogen-bond acceptors (Lipinski definition) is 3. The summed E-state index contributed by atoms with van der Waals surface area (Å²) in [7, 11) is 1.61. The van der Waals surface area contributed by atoms with E-state index >= 15 is 0 Å². The second-order valence-corrected chi connectivity index (χ2v) is 3.93. The van der Waals surface area contributed by atoms with Gasteiger partial charge in [0.2, 0.25) is 5.91 Å². The average Bonchev–Trinajstić information content (AvgIpc) is 2.36. The Labute approximate surface area is 102 Å². The van der Waals surface area contributed by atoms with E-state index in [9.17, 15) is 4.79 Å². The molecule has 0 saturated heterocycles. The first-order valence-corrected chi connectivity index (χ1v) is 5.83. The maximum atomic E-state index is 11.6. The van der Waals surface area contributed by atoms with Gasteiger partial charge in [0, 0.05) is 6.04 Å². The van der Waals surface area contributed by atoms with Crippen molar-refractivity contribution < 1.29 is 9.53 Å². The van der Waals surface area contributed by atoms with Crippen molar-refractivity contribution in [1.29, 1.82) is 0 Å². The van der Waals surface area contributed by atoms with Gasteiger partial charge in [0.1, 0.15) is 5.75 Å². The second kappa shape index (κ2) is 6.78. The molecule has 1 atom stereocenters. The molecule has 0 aliphatic heterocycles. The third-order valence-electron chi connectivity index (χ3n) is 2.57. The highest BCUT2D eigenvalue weighted by atomic mass is 16.5. The van der Waals surface area contributed by atoms with Crippen LogP contribution >= 0.6 is 0 Å². The predicted octanol–water partition coefficient (Wildman–Crippen LogP) is 2.02. The summed E-state index contributed by atoms with van der Waals surface area (Å²) in [5, 5.41) is 5.95. The van der Waals surface area contributed by atoms with Crippen LogP contribution in [-0.4, -0.2) is 25.6 Å². The molecule has 94 valence electrons. The molecule has 0 aromatic heterocycles. The molecule has 0 saturated carbocycles. The van der Waals surface area contributed by atoms with Crippen LogP contribution in [0.3, 0.4) is 0 Å². The Hall–Kier alpha value is -1.71. The van der Waals surface area contributed by atoms with Gasteiger partial charge in [-0.05, 0) is 25.5 Å². The second-order valence-electron chi connectivity index (χ2n) is 3.93. The predicted molar refractivity (Wildman–Crippen MR) is 69.4 cm³/mol. The van der Waals surface area contributed by atoms with Gasteiger partial charge in [-0.25, -0.2) is 0 Å². The van der Waals surface area contributed by atoms with Crippen molar-refractivity contribution in [2.45, 2.75) is 26.3 Å². The maximum Gasteiger partial charge on any atom is 0.239 e. The summed E-state index contributed by atoms with van der Waals surface area (Å²) in [5.41, 5.74) is 0.828. The molecule has 2 N–H and O–H groups in total. The van der Waals surface area contributed by atoms with Crippen LogP contribution in [0.4, 0.5) is 5.69 Å². The number of carbonyl (C=O) groups is 1. The summed E-state index contributed by atoms with van der Waals surface area (Å²) >= 11 is 0. The van der Waals surface area contributed by atoms with Gasteiger partial charge >= 0.3 is 0 Å². The van der Waals surface area contributed by atoms with E-state index in [1.54, 1.807) is 7.11 Å². The summed E-state index contributed by atoms with van der Waals surface area (Å²) in [4.78, 5) is 11.6. The molecule has 1 amide bonds. The minimum atomic E-state index is -0.00902. The van der Waals surface area contributed by atoms with E-state index < -0.39 is 0 Å². The first-order valence-electron chi connectivity index (χ1n) is 5.83. The molecule has 0 aliphatic rings. The third-order valence-corrected chi connectivity index (χ3v) is 2.57. The van der Waals surface area contributed by atoms with Crippen molar-refractivity contribution in [2.75, 3.05) is 19.0 Å². The molecule has 0 bridgehead atoms. The molecule has 0 aliphatic carbocycles. The summed E-state index contributed by atoms with van der Waals surface area (Å²) in [6, 6.07) is 7.74. The molecular weight excluding hydrogens is 216 g/mol. The van der Waals surface area contributed by atoms with E-state index in [-0.39, 0.29) is 18.5 Å². The number of carbonyl (C=O) groups excluding carboxylic acids is 1. The van der Waals surface area contributed by atoms with Crippen molar-refractivity contribution >= 4 is 11.6 Å². The summed E-state index contributed by atoms with van der Waals surface area (Å²) in [6.07, 6.45) is 0.931. The highest BCUT2D eigenvalue weighted by Crippen LogP contribution is 2.22. The van der Waals surface area contributed by atoms with Crippen LogP contribution in [0.5, 0.6) is 5.75 Å². The van der Waals surface area contributed by atoms with Crippen LogP contribution in [0.1, 0.15) is 20.3 Å². The number of para-hydroxylation sites is 2. The Balaban J connectivity index is 2.47. The zero-order chi connectivity index (χ0) is 12.7. The van der Waals surface area contributed by atoms with Gasteiger partial charge in [-0.3, -0.25) is 4.79 Å². The Kier molecular flexibility index (Phi) is 5.33. The van der Waals surface area contributed by atoms with Gasteiger partial charge in [-0.15, -0.1) is 0 Å². The summed E-state index contributed by atoms with van der Waals surface area (Å²) in [6.45, 7) is 4.28. The van der Waals surface area contributed by atoms with Crippen LogP contribution in [0.25, 0.3) is 0 Å². The van der Waals surface area contributed by atoms with E-state index in [2.05, 4.69) is 10.6 Å². The van der Waals surface area contributed by atoms with Gasteiger partial charge < -0.3 is 15.4 Å². The first-order chi connectivity index (χ1) is 8.17. The monoisotopic (exact) mass is 236 g/mol. The van der Waals surface area contributed by atoms with Crippen LogP contribution in [0.15, 0.2) is 24.3 Å². The van der Waals surface area contributed by atoms with Gasteiger partial charge in [-0.2, -0.15) is 0 Å². The number of ether oxygens (including phenoxy) is 1. The number of rotatable bonds is 6. The smallest absolute Gasteiger partial charge is 0.239 e. The number of hydrogen-bond donors (Lipinski definition) is 2. The SMILES string of the molecule is CCC(C)NC(=O)CNc1ccccc1OC. The van der Waals surface area contributed by atoms with E-state index in [4.69, 9.17) is 4.74 Å². The number of methoxy groups -OCH3 is 1. The largest absolute Gasteiger partial charge is 0.495 e. The Morgan fingerprint density at radius 1 is 1.41 bits per heavy atom. The van der Waals surface area contributed by atoms with Crippen molar-refractivity contribution in [3.63, 3.8) is 0 Å². The lowest BCUT2D eigenvalue weighted by molar-refractivity contribution is -0.120. The molecule has 17 heavy (non-hydrogen) atoms. The van der Waals surface area contributed by atoms with E-state index in [0.29, 0.717) is 0 Å². The number of amides is 1. The van der Waals surface area contributed by atoms with Crippen molar-refractivity contribution in [3.05, 3.63) is 24.3 Å². The van der Waals surface area contributed by atoms with E-state index in [0.717, 1.165) is 17.9 Å². The maximum absolute atomic E-state index is 11.6. The first kappa shape index (κ1) is 13.4. The lowest BCUT2D eigenvalue weighted by Gasteiger charge is -2.13. The Bertz CT molecular complexity index is 366. The Morgan fingerprint density at radius 3 is 2.76 bits per heavy atom. The molecule has 1 rings (SSSR count). The van der Waals surface area contributed by atoms with Gasteiger partial charge in [-0.1, -0.05) is 19.1 Å². The number of benzene rings is 1. The highest BCUT2D eigenvalue weighted by molar-refractivity contribution is 5.81. The molecule has 0 radical (unpaired) electrons. The van der Waals surface area contributed by atoms with Gasteiger partial charge in [0.05, 0.1) is 19.3 Å². The molecular formula is C13H20N2O2. The average molecular weight is 236 g/mol. The lowest BCUT2D eigenvalue weighted by atomic mass is 10.2. The van der Waals surface area contributed by atoms with E-state index in [1.165, 1.54) is 0 Å². The molecule has 0 spiro atoms. The number of nitrogens with one attached hydrogen (secondary N) is 2. The van der Waals surface area contributed by atoms with Crippen LogP contribution < -0.4 is 15.4 Å². The molecule has 1 aromatic carbocycles. The van der Waals surface area contributed by atoms with Gasteiger partial charge in [0.15, 0.2) is 0 Å². The molecule has 0 fully saturated rings. The van der Waals surface area contributed by atoms with Crippen LogP contribution in [0.2, 0.25) is 0 Å². The topological polar surface area (TPSA) is 50.4 Å². The van der Waals surface area contributed by atoms with Crippen molar-refractivity contribution in [3.8, 4) is 5.75 Å². The van der Waals surface area contributed by atoms with E-state index in [1.807, 2.05) is 38.1 Å². The van der Waals surface area contributed by atoms with Gasteiger partial charge in [0.25, 0.3) is 0 Å². The molecule has 1 aromatic rings. The quantitative estimate of drug-likeness (QED) is 0.794. The minimum absolute atomic E-state index is 0.00902. The van der Waals surface area contributed by atoms with Crippen molar-refractivity contribution in [1.82, 2.24) is 5.32 Å². The minimum Gasteiger partial charge on any atom is -0.495 e. The fraction of sp³-hybridized carbons (Fsp3) is 0.462. The van der Waals surface area contributed by atoms with Crippen LogP contribution in [0, 0.1) is 0 Å². The van der Waals surface area contributed by atoms with Crippen molar-refractivity contribution in [2.24, 2.45) is 0 Å². The molecule has 4 nitrogen and oxygen atoms in total. The summed E-state index contributed by atoms with van der Waals surface area (Å²) < 4.78 is 5.19. The fourth-order valence-electron chi connectivity index (χ4n) is 1.39. The zero-order valence-corrected chi connectivity index (χ0v) is 10.6. The normalized spacial score (nSPS) is 11.7. The molecule has 1 unspecified atom stereocenters. The lowest BCUT2D eigenvalue weighted by Crippen LogP contribution is -2.36. The highest BCUT2D eigenvalue weighted by Gasteiger charge is 2.06. The third kappa shape index (κ3) is 4.34. The standard InChI is InChI=1S/C13H20N2O2/c1-4-10(2)15-13(16)9-14-11-7-5-6-8-12(11)17-3/h5-8,10,14H,4,9H2,1-3H3,(H,15,16). The fourth-order valence-corrected chi connectivity index (χ4v) is 1.39. The number of anilines is 1. The Morgan fingerprint density at radius 2 is 2.12 bits per heavy atom.